The van der Waals surface area contributed by atoms with E-state index in [1.54, 1.807) is 0 Å². The van der Waals surface area contributed by atoms with Crippen LogP contribution < -0.4 is 5.32 Å². The maximum Gasteiger partial charge on any atom is 0.229 e. The van der Waals surface area contributed by atoms with Crippen LogP contribution in [0.4, 0.5) is 5.95 Å². The molecule has 0 unspecified atom stereocenters. The second-order valence-corrected chi connectivity index (χ2v) is 4.37. The van der Waals surface area contributed by atoms with E-state index in [9.17, 15) is 4.79 Å². The molecule has 1 fully saturated rings. The molecule has 0 aromatic carbocycles. The van der Waals surface area contributed by atoms with Gasteiger partial charge in [-0.1, -0.05) is 32.1 Å². The van der Waals surface area contributed by atoms with E-state index in [0.29, 0.717) is 5.95 Å². The largest absolute Gasteiger partial charge is 0.295 e. The van der Waals surface area contributed by atoms with Crippen LogP contribution in [-0.4, -0.2) is 21.1 Å². The maximum atomic E-state index is 11.9. The third kappa shape index (κ3) is 3.05. The van der Waals surface area contributed by atoms with E-state index in [-0.39, 0.29) is 11.8 Å². The molecule has 0 atom stereocenters. The summed E-state index contributed by atoms with van der Waals surface area (Å²) >= 11 is 0. The van der Waals surface area contributed by atoms with Crippen molar-refractivity contribution in [3.8, 4) is 0 Å². The van der Waals surface area contributed by atoms with E-state index in [1.807, 2.05) is 0 Å². The Morgan fingerprint density at radius 1 is 1.25 bits per heavy atom. The minimum atomic E-state index is 0.0821. The molecular formula is C11H18N4O. The van der Waals surface area contributed by atoms with E-state index >= 15 is 0 Å². The van der Waals surface area contributed by atoms with Gasteiger partial charge in [0, 0.05) is 5.92 Å². The summed E-state index contributed by atoms with van der Waals surface area (Å²) in [7, 11) is 0. The lowest BCUT2D eigenvalue weighted by molar-refractivity contribution is -0.120. The van der Waals surface area contributed by atoms with Crippen LogP contribution in [0.5, 0.6) is 0 Å². The van der Waals surface area contributed by atoms with Crippen molar-refractivity contribution in [1.29, 1.82) is 0 Å². The monoisotopic (exact) mass is 222 g/mol. The van der Waals surface area contributed by atoms with Gasteiger partial charge in [0.15, 0.2) is 0 Å². The van der Waals surface area contributed by atoms with Crippen LogP contribution in [0.1, 0.15) is 44.9 Å². The fourth-order valence-corrected chi connectivity index (χ4v) is 2.20. The lowest BCUT2D eigenvalue weighted by atomic mass is 9.90. The van der Waals surface area contributed by atoms with E-state index < -0.39 is 0 Å². The molecule has 1 aromatic heterocycles. The minimum Gasteiger partial charge on any atom is -0.295 e. The number of carbonyl (C=O) groups is 1. The summed E-state index contributed by atoms with van der Waals surface area (Å²) in [5.74, 6) is 0.677. The molecule has 0 radical (unpaired) electrons. The number of aromatic nitrogens is 3. The number of rotatable bonds is 2. The fraction of sp³-hybridized carbons (Fsp3) is 0.727. The summed E-state index contributed by atoms with van der Waals surface area (Å²) in [6.07, 6.45) is 9.55. The number of anilines is 1. The van der Waals surface area contributed by atoms with E-state index in [4.69, 9.17) is 0 Å². The number of hydrogen-bond donors (Lipinski definition) is 2. The van der Waals surface area contributed by atoms with Crippen LogP contribution in [0, 0.1) is 5.92 Å². The zero-order chi connectivity index (χ0) is 11.2. The van der Waals surface area contributed by atoms with Crippen LogP contribution in [-0.2, 0) is 4.79 Å². The van der Waals surface area contributed by atoms with Gasteiger partial charge >= 0.3 is 0 Å². The highest BCUT2D eigenvalue weighted by Crippen LogP contribution is 2.23. The highest BCUT2D eigenvalue weighted by molar-refractivity contribution is 5.90. The summed E-state index contributed by atoms with van der Waals surface area (Å²) in [6, 6.07) is 0. The zero-order valence-corrected chi connectivity index (χ0v) is 9.41. The van der Waals surface area contributed by atoms with Crippen LogP contribution in [0.15, 0.2) is 6.33 Å². The average Bonchev–Trinajstić information content (AvgIpc) is 2.69. The molecule has 2 N–H and O–H groups in total. The number of carbonyl (C=O) groups excluding carboxylic acids is 1. The number of nitrogens with one attached hydrogen (secondary N) is 2. The van der Waals surface area contributed by atoms with Crippen LogP contribution in [0.3, 0.4) is 0 Å². The first-order chi connectivity index (χ1) is 7.86. The van der Waals surface area contributed by atoms with Gasteiger partial charge in [0.05, 0.1) is 0 Å². The number of amides is 1. The average molecular weight is 222 g/mol. The quantitative estimate of drug-likeness (QED) is 0.805. The molecule has 5 nitrogen and oxygen atoms in total. The standard InChI is InChI=1S/C11H18N4O/c16-10(14-11-12-8-13-15-11)9-6-4-2-1-3-5-7-9/h8-9H,1-7H2,(H2,12,13,14,15,16). The van der Waals surface area contributed by atoms with Gasteiger partial charge in [0.25, 0.3) is 0 Å². The number of aromatic amines is 1. The predicted molar refractivity (Wildman–Crippen MR) is 60.8 cm³/mol. The molecular weight excluding hydrogens is 204 g/mol. The Morgan fingerprint density at radius 2 is 1.94 bits per heavy atom. The van der Waals surface area contributed by atoms with Gasteiger partial charge < -0.3 is 0 Å². The summed E-state index contributed by atoms with van der Waals surface area (Å²) < 4.78 is 0. The van der Waals surface area contributed by atoms with E-state index in [2.05, 4.69) is 20.5 Å². The van der Waals surface area contributed by atoms with Crippen LogP contribution >= 0.6 is 0 Å². The van der Waals surface area contributed by atoms with Gasteiger partial charge in [-0.25, -0.2) is 5.10 Å². The summed E-state index contributed by atoms with van der Waals surface area (Å²) in [5, 5.41) is 9.12. The first-order valence-corrected chi connectivity index (χ1v) is 6.02. The van der Waals surface area contributed by atoms with Crippen molar-refractivity contribution in [2.75, 3.05) is 5.32 Å². The van der Waals surface area contributed by atoms with Crippen molar-refractivity contribution in [3.05, 3.63) is 6.33 Å². The number of nitrogens with zero attached hydrogens (tertiary/aromatic N) is 2. The second-order valence-electron chi connectivity index (χ2n) is 4.37. The van der Waals surface area contributed by atoms with Gasteiger partial charge in [0.1, 0.15) is 6.33 Å². The Kier molecular flexibility index (Phi) is 3.91. The predicted octanol–water partition coefficient (Wildman–Crippen LogP) is 2.10. The SMILES string of the molecule is O=C(Nc1ncn[nH]1)C1CCCCCCC1. The summed E-state index contributed by atoms with van der Waals surface area (Å²) in [5.41, 5.74) is 0. The van der Waals surface area contributed by atoms with Gasteiger partial charge in [0.2, 0.25) is 11.9 Å². The molecule has 1 amide bonds. The highest BCUT2D eigenvalue weighted by atomic mass is 16.2. The summed E-state index contributed by atoms with van der Waals surface area (Å²) in [6.45, 7) is 0. The van der Waals surface area contributed by atoms with Crippen molar-refractivity contribution in [1.82, 2.24) is 15.2 Å². The Morgan fingerprint density at radius 3 is 2.56 bits per heavy atom. The molecule has 0 saturated heterocycles. The molecule has 1 heterocycles. The maximum absolute atomic E-state index is 11.9. The van der Waals surface area contributed by atoms with Crippen molar-refractivity contribution in [3.63, 3.8) is 0 Å². The second kappa shape index (κ2) is 5.63. The lowest BCUT2D eigenvalue weighted by Gasteiger charge is -2.18. The normalized spacial score (nSPS) is 18.8. The molecule has 16 heavy (non-hydrogen) atoms. The number of H-pyrrole nitrogens is 1. The molecule has 5 heteroatoms. The molecule has 0 bridgehead atoms. The van der Waals surface area contributed by atoms with E-state index in [1.165, 1.54) is 25.6 Å². The third-order valence-corrected chi connectivity index (χ3v) is 3.13. The molecule has 1 aliphatic rings. The fourth-order valence-electron chi connectivity index (χ4n) is 2.20. The van der Waals surface area contributed by atoms with Crippen LogP contribution in [0.25, 0.3) is 0 Å². The van der Waals surface area contributed by atoms with Gasteiger partial charge in [-0.3, -0.25) is 10.1 Å². The molecule has 1 saturated carbocycles. The molecule has 0 spiro atoms. The third-order valence-electron chi connectivity index (χ3n) is 3.13. The van der Waals surface area contributed by atoms with Crippen LogP contribution in [0.2, 0.25) is 0 Å². The van der Waals surface area contributed by atoms with Crippen molar-refractivity contribution < 1.29 is 4.79 Å². The smallest absolute Gasteiger partial charge is 0.229 e. The minimum absolute atomic E-state index is 0.0821. The van der Waals surface area contributed by atoms with Crippen molar-refractivity contribution >= 4 is 11.9 Å². The first kappa shape index (κ1) is 11.1. The topological polar surface area (TPSA) is 70.7 Å². The van der Waals surface area contributed by atoms with Crippen molar-refractivity contribution in [2.45, 2.75) is 44.9 Å². The first-order valence-electron chi connectivity index (χ1n) is 6.02. The van der Waals surface area contributed by atoms with Crippen molar-refractivity contribution in [2.24, 2.45) is 5.92 Å². The Hall–Kier alpha value is -1.39. The molecule has 1 aliphatic carbocycles. The Bertz CT molecular complexity index is 315. The molecule has 1 aromatic rings. The van der Waals surface area contributed by atoms with Gasteiger partial charge in [-0.2, -0.15) is 10.1 Å². The summed E-state index contributed by atoms with van der Waals surface area (Å²) in [4.78, 5) is 15.8. The van der Waals surface area contributed by atoms with Gasteiger partial charge in [-0.15, -0.1) is 0 Å². The number of hydrogen-bond acceptors (Lipinski definition) is 3. The molecule has 0 aliphatic heterocycles. The lowest BCUT2D eigenvalue weighted by Crippen LogP contribution is -2.24. The zero-order valence-electron chi connectivity index (χ0n) is 9.41. The van der Waals surface area contributed by atoms with E-state index in [0.717, 1.165) is 25.7 Å². The Labute approximate surface area is 95.0 Å². The van der Waals surface area contributed by atoms with Gasteiger partial charge in [-0.05, 0) is 12.8 Å². The molecule has 2 rings (SSSR count). The highest BCUT2D eigenvalue weighted by Gasteiger charge is 2.19. The molecule has 88 valence electrons. The Balaban J connectivity index is 1.87.